The number of fused-ring (bicyclic) bond motifs is 2. The van der Waals surface area contributed by atoms with Crippen LogP contribution in [0.25, 0.3) is 21.5 Å². The van der Waals surface area contributed by atoms with Crippen LogP contribution in [0.4, 0.5) is 38.9 Å². The normalized spacial score (nSPS) is 11.3. The summed E-state index contributed by atoms with van der Waals surface area (Å²) in [5, 5.41) is 62.4. The van der Waals surface area contributed by atoms with Crippen LogP contribution in [0.3, 0.4) is 0 Å². The van der Waals surface area contributed by atoms with Gasteiger partial charge in [-0.05, 0) is 53.9 Å². The van der Waals surface area contributed by atoms with Crippen molar-refractivity contribution < 1.29 is 169 Å². The van der Waals surface area contributed by atoms with Crippen LogP contribution >= 0.6 is 0 Å². The summed E-state index contributed by atoms with van der Waals surface area (Å²) in [6.45, 7) is 0. The number of urea groups is 1. The van der Waals surface area contributed by atoms with E-state index in [4.69, 9.17) is 0 Å². The molecule has 0 saturated carbocycles. The number of nitrogens with zero attached hydrogens (tertiary/aromatic N) is 4. The van der Waals surface area contributed by atoms with E-state index in [9.17, 15) is 51.2 Å². The van der Waals surface area contributed by atoms with Crippen molar-refractivity contribution in [3.8, 4) is 23.0 Å². The molecule has 0 heterocycles. The van der Waals surface area contributed by atoms with E-state index in [0.717, 1.165) is 18.2 Å². The van der Waals surface area contributed by atoms with Gasteiger partial charge in [-0.2, -0.15) is 29.4 Å². The Morgan fingerprint density at radius 2 is 1.21 bits per heavy atom. The van der Waals surface area contributed by atoms with Crippen molar-refractivity contribution in [1.29, 1.82) is 0 Å². The summed E-state index contributed by atoms with van der Waals surface area (Å²) in [7, 11) is -10.3. The molecule has 0 atom stereocenters. The van der Waals surface area contributed by atoms with Gasteiger partial charge in [0, 0.05) is 39.6 Å². The number of phenols is 4. The number of azo groups is 2. The zero-order valence-corrected chi connectivity index (χ0v) is 39.5. The molecule has 17 nitrogen and oxygen atoms in total. The van der Waals surface area contributed by atoms with E-state index >= 15 is 0 Å². The first-order chi connectivity index (χ1) is 24.6. The molecule has 6 rings (SSSR count). The van der Waals surface area contributed by atoms with Crippen molar-refractivity contribution in [1.82, 2.24) is 0 Å². The van der Waals surface area contributed by atoms with Crippen molar-refractivity contribution in [3.63, 3.8) is 0 Å². The van der Waals surface area contributed by atoms with E-state index in [0.29, 0.717) is 22.5 Å². The fourth-order valence-electron chi connectivity index (χ4n) is 4.84. The largest absolute Gasteiger partial charge is 1.00 e. The molecule has 56 heavy (non-hydrogen) atoms. The molecule has 0 fully saturated rings. The number of hydrogen-bond acceptors (Lipinski definition) is 15. The molecule has 6 N–H and O–H groups in total. The Balaban J connectivity index is 0.00000271. The minimum Gasteiger partial charge on any atom is -0.744 e. The second-order valence-corrected chi connectivity index (χ2v) is 13.5. The summed E-state index contributed by atoms with van der Waals surface area (Å²) in [4.78, 5) is 11.1. The maximum Gasteiger partial charge on any atom is 1.00 e. The molecule has 0 radical (unpaired) electrons. The minimum atomic E-state index is -5.33. The fourth-order valence-corrected chi connectivity index (χ4v) is 5.98. The Morgan fingerprint density at radius 3 is 1.82 bits per heavy atom. The molecule has 23 heteroatoms. The third-order valence-electron chi connectivity index (χ3n) is 7.30. The van der Waals surface area contributed by atoms with Crippen molar-refractivity contribution in [2.45, 2.75) is 9.79 Å². The molecule has 0 bridgehead atoms. The number of rotatable bonds is 8. The Bertz CT molecular complexity index is 2740. The summed E-state index contributed by atoms with van der Waals surface area (Å²) in [5.41, 5.74) is -0.862. The number of hydrogen-bond donors (Lipinski definition) is 6. The number of carbonyl (C=O) groups excluding carboxylic acids is 1. The van der Waals surface area contributed by atoms with Crippen LogP contribution in [-0.4, -0.2) is 52.4 Å². The third-order valence-corrected chi connectivity index (χ3v) is 8.98. The Morgan fingerprint density at radius 1 is 0.625 bits per heavy atom. The predicted molar refractivity (Wildman–Crippen MR) is 182 cm³/mol. The predicted octanol–water partition coefficient (Wildman–Crippen LogP) is -5.29. The van der Waals surface area contributed by atoms with Crippen molar-refractivity contribution in [3.05, 3.63) is 97.1 Å². The summed E-state index contributed by atoms with van der Waals surface area (Å²) in [5.74, 6) is -1.84. The maximum absolute atomic E-state index is 12.9. The van der Waals surface area contributed by atoms with Gasteiger partial charge in [-0.1, -0.05) is 17.5 Å². The van der Waals surface area contributed by atoms with Crippen LogP contribution in [0.2, 0.25) is 0 Å². The van der Waals surface area contributed by atoms with Crippen LogP contribution in [0.5, 0.6) is 23.0 Å². The van der Waals surface area contributed by atoms with E-state index in [2.05, 4.69) is 43.2 Å². The van der Waals surface area contributed by atoms with E-state index in [1.165, 1.54) is 54.6 Å². The average Bonchev–Trinajstić information content (AvgIpc) is 3.07. The van der Waals surface area contributed by atoms with Crippen LogP contribution in [0, 0.1) is 12.1 Å². The molecule has 0 aromatic heterocycles. The maximum atomic E-state index is 12.9. The van der Waals surface area contributed by atoms with Crippen molar-refractivity contribution in [2.75, 3.05) is 10.6 Å². The number of benzene rings is 6. The van der Waals surface area contributed by atoms with E-state index < -0.39 is 58.9 Å². The van der Waals surface area contributed by atoms with Crippen LogP contribution in [0.1, 0.15) is 0 Å². The molecular weight excluding hydrogens is 812 g/mol. The summed E-state index contributed by atoms with van der Waals surface area (Å²) >= 11 is 0. The van der Waals surface area contributed by atoms with E-state index in [1.807, 2.05) is 0 Å². The Kier molecular flexibility index (Phi) is 18.0. The smallest absolute Gasteiger partial charge is 0.744 e. The monoisotopic (exact) mass is 832 g/mol. The van der Waals surface area contributed by atoms with E-state index in [1.54, 1.807) is 6.07 Å². The molecule has 6 aromatic carbocycles. The van der Waals surface area contributed by atoms with Gasteiger partial charge in [-0.15, -0.1) is 27.7 Å². The number of carbonyl (C=O) groups is 1. The summed E-state index contributed by atoms with van der Waals surface area (Å²) in [6.07, 6.45) is 0. The first-order valence-corrected chi connectivity index (χ1v) is 17.2. The SMILES string of the molecule is O=C(Nc1ccc2c(O)c(N=Nc3c[c-]ccc3O)[c-]cc2c1)Nc1ccc2c(O)c(N=Nc3cc(S(=O)(=O)[O-])ccc3O)c(S(=O)(=O)[O-])cc2c1.[Na+].[Na+].[Na+].[Na+]. The van der Waals surface area contributed by atoms with Gasteiger partial charge in [0.05, 0.1) is 9.79 Å². The molecule has 0 unspecified atom stereocenters. The van der Waals surface area contributed by atoms with Crippen molar-refractivity contribution in [2.24, 2.45) is 20.5 Å². The number of phenolic OH excluding ortho intramolecular Hbond substituents is 4. The number of nitrogens with one attached hydrogen (secondary N) is 2. The first-order valence-electron chi connectivity index (χ1n) is 14.4. The quantitative estimate of drug-likeness (QED) is 0.0365. The Labute approximate surface area is 407 Å². The fraction of sp³-hybridized carbons (Fsp3) is 0. The Hall–Kier alpha value is -2.67. The zero-order valence-electron chi connectivity index (χ0n) is 29.8. The van der Waals surface area contributed by atoms with Crippen LogP contribution in [0.15, 0.2) is 115 Å². The van der Waals surface area contributed by atoms with Crippen molar-refractivity contribution >= 4 is 81.9 Å². The van der Waals surface area contributed by atoms with Gasteiger partial charge in [0.1, 0.15) is 37.4 Å². The van der Waals surface area contributed by atoms with Gasteiger partial charge in [-0.3, -0.25) is 0 Å². The van der Waals surface area contributed by atoms with Gasteiger partial charge < -0.3 is 40.2 Å². The third kappa shape index (κ3) is 11.5. The first kappa shape index (κ1) is 49.5. The minimum absolute atomic E-state index is 0. The molecule has 2 amide bonds. The molecule has 0 aliphatic rings. The topological polar surface area (TPSA) is 286 Å². The molecule has 6 aromatic rings. The molecule has 0 saturated heterocycles. The second-order valence-electron chi connectivity index (χ2n) is 10.7. The van der Waals surface area contributed by atoms with Gasteiger partial charge in [0.15, 0.2) is 5.75 Å². The average molecular weight is 833 g/mol. The number of anilines is 2. The zero-order chi connectivity index (χ0) is 37.4. The second kappa shape index (κ2) is 20.3. The molecular formula is C33H20N6Na4O11S2. The van der Waals surface area contributed by atoms with Crippen LogP contribution in [-0.2, 0) is 20.2 Å². The van der Waals surface area contributed by atoms with Gasteiger partial charge in [0.2, 0.25) is 0 Å². The molecule has 264 valence electrons. The number of aromatic hydroxyl groups is 4. The van der Waals surface area contributed by atoms with E-state index in [-0.39, 0.29) is 158 Å². The standard InChI is InChI=1S/C33H22N6O11S2.4Na/c40-27-4-2-1-3-24(27)36-37-25-11-5-17-13-19(6-9-22(17)31(25)42)34-33(44)35-20-7-10-23-18(14-20)15-29(52(48,49)50)30(32(23)43)39-38-26-16-21(51(45,46)47)8-12-28(26)41;;;;/h2-10,12-16,40-43H,(H2,34,35,44)(H,45,46,47)(H,48,49,50);;;;/q-2;4*+1/p-2. The summed E-state index contributed by atoms with van der Waals surface area (Å²) in [6, 6.07) is 22.2. The molecule has 0 aliphatic carbocycles. The number of amides is 2. The van der Waals surface area contributed by atoms with Gasteiger partial charge >= 0.3 is 124 Å². The van der Waals surface area contributed by atoms with Crippen LogP contribution < -0.4 is 129 Å². The molecule has 0 spiro atoms. The summed E-state index contributed by atoms with van der Waals surface area (Å²) < 4.78 is 70.5. The van der Waals surface area contributed by atoms with Gasteiger partial charge in [-0.25, -0.2) is 26.7 Å². The molecule has 0 aliphatic heterocycles. The van der Waals surface area contributed by atoms with Gasteiger partial charge in [0.25, 0.3) is 0 Å².